The molecule has 0 aliphatic rings. The number of aromatic nitrogens is 1. The summed E-state index contributed by atoms with van der Waals surface area (Å²) in [6.07, 6.45) is 4.67. The van der Waals surface area contributed by atoms with E-state index in [1.54, 1.807) is 24.9 Å². The number of thioether (sulfide) groups is 1. The summed E-state index contributed by atoms with van der Waals surface area (Å²) in [6, 6.07) is -0.496. The molecule has 0 aromatic carbocycles. The Hall–Kier alpha value is -1.08. The SMILES string of the molecule is CCC(=O)N[C@H](CCSC)C(=O)Nc1ncc(C)s1. The van der Waals surface area contributed by atoms with Crippen molar-refractivity contribution in [1.29, 1.82) is 0 Å². The van der Waals surface area contributed by atoms with Gasteiger partial charge in [0.1, 0.15) is 6.04 Å². The Labute approximate surface area is 121 Å². The average molecular weight is 301 g/mol. The molecule has 1 heterocycles. The van der Waals surface area contributed by atoms with E-state index in [0.29, 0.717) is 18.0 Å². The van der Waals surface area contributed by atoms with Gasteiger partial charge in [-0.15, -0.1) is 11.3 Å². The van der Waals surface area contributed by atoms with E-state index in [0.717, 1.165) is 10.6 Å². The molecule has 0 aliphatic carbocycles. The van der Waals surface area contributed by atoms with Crippen LogP contribution in [0.5, 0.6) is 0 Å². The van der Waals surface area contributed by atoms with Crippen molar-refractivity contribution in [3.63, 3.8) is 0 Å². The number of rotatable bonds is 7. The molecule has 2 amide bonds. The number of amides is 2. The summed E-state index contributed by atoms with van der Waals surface area (Å²) in [6.45, 7) is 3.69. The van der Waals surface area contributed by atoms with E-state index in [4.69, 9.17) is 0 Å². The average Bonchev–Trinajstić information content (AvgIpc) is 2.79. The summed E-state index contributed by atoms with van der Waals surface area (Å²) in [5.41, 5.74) is 0. The van der Waals surface area contributed by atoms with Crippen LogP contribution in [-0.2, 0) is 9.59 Å². The first-order valence-electron chi connectivity index (χ1n) is 6.08. The van der Waals surface area contributed by atoms with Crippen molar-refractivity contribution in [3.8, 4) is 0 Å². The summed E-state index contributed by atoms with van der Waals surface area (Å²) >= 11 is 3.07. The predicted molar refractivity (Wildman–Crippen MR) is 80.7 cm³/mol. The third-order valence-electron chi connectivity index (χ3n) is 2.43. The molecule has 0 fully saturated rings. The van der Waals surface area contributed by atoms with Gasteiger partial charge in [-0.05, 0) is 25.4 Å². The lowest BCUT2D eigenvalue weighted by molar-refractivity contribution is -0.126. The third kappa shape index (κ3) is 5.61. The van der Waals surface area contributed by atoms with Crippen LogP contribution in [-0.4, -0.2) is 34.8 Å². The number of carbonyl (C=O) groups is 2. The first-order valence-corrected chi connectivity index (χ1v) is 8.29. The van der Waals surface area contributed by atoms with Crippen molar-refractivity contribution in [2.45, 2.75) is 32.7 Å². The fraction of sp³-hybridized carbons (Fsp3) is 0.583. The van der Waals surface area contributed by atoms with E-state index in [1.165, 1.54) is 11.3 Å². The maximum Gasteiger partial charge on any atom is 0.248 e. The number of thiazole rings is 1. The Morgan fingerprint density at radius 2 is 2.26 bits per heavy atom. The zero-order chi connectivity index (χ0) is 14.3. The van der Waals surface area contributed by atoms with Gasteiger partial charge >= 0.3 is 0 Å². The fourth-order valence-corrected chi connectivity index (χ4v) is 2.54. The largest absolute Gasteiger partial charge is 0.344 e. The molecular weight excluding hydrogens is 282 g/mol. The zero-order valence-corrected chi connectivity index (χ0v) is 13.0. The molecule has 0 aliphatic heterocycles. The maximum atomic E-state index is 12.1. The van der Waals surface area contributed by atoms with Gasteiger partial charge in [0.2, 0.25) is 11.8 Å². The standard InChI is InChI=1S/C12H19N3O2S2/c1-4-10(16)14-9(5-6-18-3)11(17)15-12-13-7-8(2)19-12/h7,9H,4-6H2,1-3H3,(H,14,16)(H,13,15,17)/t9-/m1/s1. The van der Waals surface area contributed by atoms with Gasteiger partial charge in [0, 0.05) is 17.5 Å². The molecule has 2 N–H and O–H groups in total. The van der Waals surface area contributed by atoms with Gasteiger partial charge in [-0.25, -0.2) is 4.98 Å². The summed E-state index contributed by atoms with van der Waals surface area (Å²) in [4.78, 5) is 28.7. The van der Waals surface area contributed by atoms with Crippen LogP contribution < -0.4 is 10.6 Å². The van der Waals surface area contributed by atoms with Crippen molar-refractivity contribution in [2.24, 2.45) is 0 Å². The first-order chi connectivity index (χ1) is 9.06. The molecule has 0 bridgehead atoms. The van der Waals surface area contributed by atoms with Crippen LogP contribution >= 0.6 is 23.1 Å². The molecule has 0 unspecified atom stereocenters. The lowest BCUT2D eigenvalue weighted by Gasteiger charge is -2.16. The Morgan fingerprint density at radius 1 is 1.53 bits per heavy atom. The second-order valence-corrected chi connectivity index (χ2v) is 6.24. The van der Waals surface area contributed by atoms with Gasteiger partial charge in [0.25, 0.3) is 0 Å². The van der Waals surface area contributed by atoms with Crippen molar-refractivity contribution in [1.82, 2.24) is 10.3 Å². The minimum Gasteiger partial charge on any atom is -0.344 e. The van der Waals surface area contributed by atoms with E-state index in [9.17, 15) is 9.59 Å². The summed E-state index contributed by atoms with van der Waals surface area (Å²) in [5, 5.41) is 6.06. The molecule has 5 nitrogen and oxygen atoms in total. The van der Waals surface area contributed by atoms with Gasteiger partial charge in [0.05, 0.1) is 0 Å². The number of nitrogens with zero attached hydrogens (tertiary/aromatic N) is 1. The fourth-order valence-electron chi connectivity index (χ4n) is 1.41. The Bertz CT molecular complexity index is 434. The third-order valence-corrected chi connectivity index (χ3v) is 3.91. The second-order valence-electron chi connectivity index (χ2n) is 4.02. The van der Waals surface area contributed by atoms with Gasteiger partial charge < -0.3 is 10.6 Å². The number of nitrogens with one attached hydrogen (secondary N) is 2. The van der Waals surface area contributed by atoms with Crippen LogP contribution in [0.25, 0.3) is 0 Å². The molecule has 0 saturated carbocycles. The molecule has 1 aromatic heterocycles. The summed E-state index contributed by atoms with van der Waals surface area (Å²) in [5.74, 6) is 0.501. The van der Waals surface area contributed by atoms with Crippen LogP contribution in [0.15, 0.2) is 6.20 Å². The second kappa shape index (κ2) is 8.16. The Balaban J connectivity index is 2.61. The lowest BCUT2D eigenvalue weighted by atomic mass is 10.2. The van der Waals surface area contributed by atoms with Gasteiger partial charge in [0.15, 0.2) is 5.13 Å². The van der Waals surface area contributed by atoms with Crippen molar-refractivity contribution < 1.29 is 9.59 Å². The number of anilines is 1. The predicted octanol–water partition coefficient (Wildman–Crippen LogP) is 2.04. The van der Waals surface area contributed by atoms with E-state index < -0.39 is 6.04 Å². The molecule has 0 radical (unpaired) electrons. The van der Waals surface area contributed by atoms with Gasteiger partial charge in [-0.1, -0.05) is 6.92 Å². The molecule has 106 valence electrons. The normalized spacial score (nSPS) is 11.9. The highest BCUT2D eigenvalue weighted by atomic mass is 32.2. The Morgan fingerprint density at radius 3 is 2.79 bits per heavy atom. The van der Waals surface area contributed by atoms with Gasteiger partial charge in [-0.3, -0.25) is 9.59 Å². The molecule has 19 heavy (non-hydrogen) atoms. The van der Waals surface area contributed by atoms with E-state index in [1.807, 2.05) is 13.2 Å². The van der Waals surface area contributed by atoms with Crippen LogP contribution in [0.4, 0.5) is 5.13 Å². The highest BCUT2D eigenvalue weighted by Gasteiger charge is 2.20. The van der Waals surface area contributed by atoms with E-state index in [-0.39, 0.29) is 11.8 Å². The topological polar surface area (TPSA) is 71.1 Å². The smallest absolute Gasteiger partial charge is 0.248 e. The molecule has 7 heteroatoms. The van der Waals surface area contributed by atoms with Crippen molar-refractivity contribution >= 4 is 40.0 Å². The maximum absolute atomic E-state index is 12.1. The van der Waals surface area contributed by atoms with Crippen LogP contribution in [0, 0.1) is 6.92 Å². The number of hydrogen-bond acceptors (Lipinski definition) is 5. The number of aryl methyl sites for hydroxylation is 1. The molecular formula is C12H19N3O2S2. The van der Waals surface area contributed by atoms with Crippen LogP contribution in [0.2, 0.25) is 0 Å². The molecule has 1 aromatic rings. The van der Waals surface area contributed by atoms with E-state index in [2.05, 4.69) is 15.6 Å². The minimum absolute atomic E-state index is 0.114. The summed E-state index contributed by atoms with van der Waals surface area (Å²) in [7, 11) is 0. The highest BCUT2D eigenvalue weighted by molar-refractivity contribution is 7.98. The zero-order valence-electron chi connectivity index (χ0n) is 11.4. The lowest BCUT2D eigenvalue weighted by Crippen LogP contribution is -2.43. The quantitative estimate of drug-likeness (QED) is 0.808. The van der Waals surface area contributed by atoms with Gasteiger partial charge in [-0.2, -0.15) is 11.8 Å². The molecule has 0 spiro atoms. The Kier molecular flexibility index (Phi) is 6.86. The van der Waals surface area contributed by atoms with Crippen LogP contribution in [0.1, 0.15) is 24.6 Å². The number of hydrogen-bond donors (Lipinski definition) is 2. The van der Waals surface area contributed by atoms with Crippen molar-refractivity contribution in [2.75, 3.05) is 17.3 Å². The highest BCUT2D eigenvalue weighted by Crippen LogP contribution is 2.17. The van der Waals surface area contributed by atoms with E-state index >= 15 is 0 Å². The number of carbonyl (C=O) groups excluding carboxylic acids is 2. The monoisotopic (exact) mass is 301 g/mol. The molecule has 1 rings (SSSR count). The molecule has 1 atom stereocenters. The van der Waals surface area contributed by atoms with Crippen LogP contribution in [0.3, 0.4) is 0 Å². The minimum atomic E-state index is -0.496. The van der Waals surface area contributed by atoms with Crippen molar-refractivity contribution in [3.05, 3.63) is 11.1 Å². The summed E-state index contributed by atoms with van der Waals surface area (Å²) < 4.78 is 0. The molecule has 0 saturated heterocycles. The first kappa shape index (κ1) is 16.0.